The number of halogens is 1. The molecule has 0 aliphatic carbocycles. The maximum atomic E-state index is 14.5. The van der Waals surface area contributed by atoms with Gasteiger partial charge in [0.2, 0.25) is 5.91 Å². The van der Waals surface area contributed by atoms with Crippen molar-refractivity contribution in [2.75, 3.05) is 43.1 Å². The monoisotopic (exact) mass is 610 g/mol. The first-order valence-corrected chi connectivity index (χ1v) is 14.9. The van der Waals surface area contributed by atoms with Crippen molar-refractivity contribution in [1.29, 1.82) is 0 Å². The summed E-state index contributed by atoms with van der Waals surface area (Å²) in [6.45, 7) is 8.53. The molecule has 11 nitrogen and oxygen atoms in total. The molecule has 3 aliphatic heterocycles. The molecule has 0 bridgehead atoms. The SMILES string of the molecule is CC1=C2C(=Nc3cc(NC(=O)c4cc(F)cc(N5CCOCC5)c4)ccc3C)N=CNN2CC1C(=O)NC(C)c1ccccn1. The minimum absolute atomic E-state index is 0.108. The first-order chi connectivity index (χ1) is 21.8. The Labute approximate surface area is 260 Å². The standard InChI is InChI=1S/C33H35FN8O3/c1-20-7-8-25(39-32(43)23-14-24(34)16-26(15-23)41-10-12-45-13-11-41)17-29(20)40-31-30-21(2)27(18-42(30)37-19-36-31)33(44)38-22(3)28-6-4-5-9-35-28/h4-9,14-17,19,22,27H,10-13,18H2,1-3H3,(H,38,44)(H,39,43)(H,36,37,40). The number of hydrogen-bond acceptors (Lipinski definition) is 8. The van der Waals surface area contributed by atoms with Gasteiger partial charge in [-0.3, -0.25) is 25.0 Å². The zero-order valence-corrected chi connectivity index (χ0v) is 25.4. The molecule has 2 unspecified atom stereocenters. The van der Waals surface area contributed by atoms with E-state index in [2.05, 4.69) is 26.0 Å². The van der Waals surface area contributed by atoms with Crippen molar-refractivity contribution < 1.29 is 18.7 Å². The van der Waals surface area contributed by atoms with E-state index in [0.29, 0.717) is 55.7 Å². The number of amides is 2. The number of aliphatic imine (C=N–C) groups is 2. The second-order valence-electron chi connectivity index (χ2n) is 11.3. The molecule has 4 heterocycles. The summed E-state index contributed by atoms with van der Waals surface area (Å²) in [5.74, 6) is -0.978. The summed E-state index contributed by atoms with van der Waals surface area (Å²) in [5.41, 5.74) is 8.32. The van der Waals surface area contributed by atoms with Gasteiger partial charge in [-0.15, -0.1) is 0 Å². The third-order valence-corrected chi connectivity index (χ3v) is 8.16. The molecule has 1 aromatic heterocycles. The van der Waals surface area contributed by atoms with Crippen LogP contribution in [0.1, 0.15) is 41.5 Å². The summed E-state index contributed by atoms with van der Waals surface area (Å²) in [6.07, 6.45) is 3.25. The lowest BCUT2D eigenvalue weighted by molar-refractivity contribution is -0.124. The Bertz CT molecular complexity index is 1700. The van der Waals surface area contributed by atoms with Crippen LogP contribution in [0, 0.1) is 18.7 Å². The highest BCUT2D eigenvalue weighted by atomic mass is 19.1. The number of aromatic nitrogens is 1. The van der Waals surface area contributed by atoms with Crippen molar-refractivity contribution in [1.82, 2.24) is 20.7 Å². The van der Waals surface area contributed by atoms with Crippen molar-refractivity contribution in [2.24, 2.45) is 15.9 Å². The molecule has 3 aromatic rings. The number of carbonyl (C=O) groups is 2. The van der Waals surface area contributed by atoms with E-state index in [0.717, 1.165) is 22.5 Å². The lowest BCUT2D eigenvalue weighted by Gasteiger charge is -2.29. The van der Waals surface area contributed by atoms with Gasteiger partial charge >= 0.3 is 0 Å². The van der Waals surface area contributed by atoms with Crippen molar-refractivity contribution in [3.8, 4) is 0 Å². The maximum Gasteiger partial charge on any atom is 0.255 e. The van der Waals surface area contributed by atoms with Gasteiger partial charge in [0.1, 0.15) is 17.9 Å². The van der Waals surface area contributed by atoms with Gasteiger partial charge in [-0.05, 0) is 74.4 Å². The van der Waals surface area contributed by atoms with Crippen LogP contribution < -0.4 is 21.0 Å². The number of ether oxygens (including phenoxy) is 1. The molecule has 12 heteroatoms. The summed E-state index contributed by atoms with van der Waals surface area (Å²) in [6, 6.07) is 15.1. The molecule has 2 atom stereocenters. The van der Waals surface area contributed by atoms with Gasteiger partial charge in [0.05, 0.1) is 43.1 Å². The fourth-order valence-corrected chi connectivity index (χ4v) is 5.64. The van der Waals surface area contributed by atoms with E-state index in [1.165, 1.54) is 12.1 Å². The summed E-state index contributed by atoms with van der Waals surface area (Å²) in [4.78, 5) is 42.2. The number of hydrazine groups is 1. The summed E-state index contributed by atoms with van der Waals surface area (Å²) >= 11 is 0. The highest BCUT2D eigenvalue weighted by molar-refractivity contribution is 6.07. The Hall–Kier alpha value is -5.10. The van der Waals surface area contributed by atoms with E-state index in [-0.39, 0.29) is 17.5 Å². The highest BCUT2D eigenvalue weighted by Gasteiger charge is 2.37. The number of nitrogens with zero attached hydrogens (tertiary/aromatic N) is 5. The van der Waals surface area contributed by atoms with Gasteiger partial charge < -0.3 is 20.3 Å². The molecule has 2 amide bonds. The molecule has 1 fully saturated rings. The smallest absolute Gasteiger partial charge is 0.255 e. The number of benzene rings is 2. The fraction of sp³-hybridized carbons (Fsp3) is 0.303. The van der Waals surface area contributed by atoms with E-state index in [9.17, 15) is 14.0 Å². The third kappa shape index (κ3) is 6.55. The molecule has 1 saturated heterocycles. The predicted octanol–water partition coefficient (Wildman–Crippen LogP) is 4.28. The van der Waals surface area contributed by atoms with Gasteiger partial charge in [0.15, 0.2) is 5.84 Å². The van der Waals surface area contributed by atoms with Crippen LogP contribution in [0.15, 0.2) is 82.0 Å². The molecule has 3 N–H and O–H groups in total. The zero-order valence-electron chi connectivity index (χ0n) is 25.4. The number of fused-ring (bicyclic) bond motifs is 1. The first-order valence-electron chi connectivity index (χ1n) is 14.9. The van der Waals surface area contributed by atoms with Crippen molar-refractivity contribution in [3.05, 3.63) is 94.7 Å². The highest BCUT2D eigenvalue weighted by Crippen LogP contribution is 2.32. The minimum Gasteiger partial charge on any atom is -0.378 e. The number of rotatable bonds is 7. The number of nitrogens with one attached hydrogen (secondary N) is 3. The Balaban J connectivity index is 1.21. The molecular weight excluding hydrogens is 575 g/mol. The molecule has 45 heavy (non-hydrogen) atoms. The van der Waals surface area contributed by atoms with Crippen LogP contribution in [-0.4, -0.2) is 66.8 Å². The summed E-state index contributed by atoms with van der Waals surface area (Å²) in [7, 11) is 0. The lowest BCUT2D eigenvalue weighted by atomic mass is 10.0. The van der Waals surface area contributed by atoms with Crippen LogP contribution in [-0.2, 0) is 9.53 Å². The molecule has 232 valence electrons. The minimum atomic E-state index is -0.480. The topological polar surface area (TPSA) is 124 Å². The van der Waals surface area contributed by atoms with Crippen LogP contribution in [0.5, 0.6) is 0 Å². The largest absolute Gasteiger partial charge is 0.378 e. The molecule has 0 spiro atoms. The molecule has 2 aromatic carbocycles. The molecule has 0 radical (unpaired) electrons. The van der Waals surface area contributed by atoms with Crippen LogP contribution in [0.2, 0.25) is 0 Å². The van der Waals surface area contributed by atoms with Crippen LogP contribution >= 0.6 is 0 Å². The molecule has 6 rings (SSSR count). The average Bonchev–Trinajstić information content (AvgIpc) is 3.40. The van der Waals surface area contributed by atoms with Crippen LogP contribution in [0.4, 0.5) is 21.5 Å². The normalized spacial score (nSPS) is 19.3. The van der Waals surface area contributed by atoms with E-state index in [4.69, 9.17) is 9.73 Å². The summed E-state index contributed by atoms with van der Waals surface area (Å²) < 4.78 is 19.9. The Morgan fingerprint density at radius 3 is 2.71 bits per heavy atom. The Kier molecular flexibility index (Phi) is 8.56. The van der Waals surface area contributed by atoms with Gasteiger partial charge in [-0.2, -0.15) is 0 Å². The zero-order chi connectivity index (χ0) is 31.5. The maximum absolute atomic E-state index is 14.5. The van der Waals surface area contributed by atoms with Gasteiger partial charge in [-0.25, -0.2) is 14.4 Å². The molecule has 0 saturated carbocycles. The third-order valence-electron chi connectivity index (χ3n) is 8.16. The second kappa shape index (κ2) is 12.9. The number of amidine groups is 1. The van der Waals surface area contributed by atoms with Gasteiger partial charge in [0, 0.05) is 36.2 Å². The quantitative estimate of drug-likeness (QED) is 0.365. The number of pyridine rings is 1. The number of carbonyl (C=O) groups excluding carboxylic acids is 2. The fourth-order valence-electron chi connectivity index (χ4n) is 5.64. The Morgan fingerprint density at radius 2 is 1.93 bits per heavy atom. The predicted molar refractivity (Wildman–Crippen MR) is 171 cm³/mol. The van der Waals surface area contributed by atoms with Crippen molar-refractivity contribution in [3.63, 3.8) is 0 Å². The Morgan fingerprint density at radius 1 is 1.11 bits per heavy atom. The average molecular weight is 611 g/mol. The first kappa shape index (κ1) is 29.9. The van der Waals surface area contributed by atoms with Crippen molar-refractivity contribution in [2.45, 2.75) is 26.8 Å². The number of anilines is 2. The van der Waals surface area contributed by atoms with E-state index < -0.39 is 17.6 Å². The van der Waals surface area contributed by atoms with Gasteiger partial charge in [-0.1, -0.05) is 12.1 Å². The number of morpholine rings is 1. The van der Waals surface area contributed by atoms with Crippen LogP contribution in [0.3, 0.4) is 0 Å². The summed E-state index contributed by atoms with van der Waals surface area (Å²) in [5, 5.41) is 7.82. The van der Waals surface area contributed by atoms with E-state index in [1.54, 1.807) is 30.7 Å². The van der Waals surface area contributed by atoms with E-state index in [1.807, 2.05) is 54.9 Å². The second-order valence-corrected chi connectivity index (χ2v) is 11.3. The number of hydrogen-bond donors (Lipinski definition) is 3. The van der Waals surface area contributed by atoms with Crippen LogP contribution in [0.25, 0.3) is 0 Å². The molecule has 3 aliphatic rings. The van der Waals surface area contributed by atoms with E-state index >= 15 is 0 Å². The number of aryl methyl sites for hydroxylation is 1. The van der Waals surface area contributed by atoms with Crippen molar-refractivity contribution >= 4 is 41.1 Å². The lowest BCUT2D eigenvalue weighted by Crippen LogP contribution is -2.42. The van der Waals surface area contributed by atoms with Gasteiger partial charge in [0.25, 0.3) is 5.91 Å². The molecular formula is C33H35FN8O3.